The lowest BCUT2D eigenvalue weighted by Crippen LogP contribution is -2.33. The number of nitrogens with zero attached hydrogens (tertiary/aromatic N) is 4. The molecule has 0 aliphatic rings. The van der Waals surface area contributed by atoms with E-state index in [1.807, 2.05) is 26.8 Å². The van der Waals surface area contributed by atoms with Gasteiger partial charge >= 0.3 is 5.97 Å². The molecule has 36 heavy (non-hydrogen) atoms. The summed E-state index contributed by atoms with van der Waals surface area (Å²) in [5.41, 5.74) is 2.13. The summed E-state index contributed by atoms with van der Waals surface area (Å²) < 4.78 is 8.30. The van der Waals surface area contributed by atoms with Crippen molar-refractivity contribution >= 4 is 46.2 Å². The molecule has 0 aliphatic heterocycles. The predicted molar refractivity (Wildman–Crippen MR) is 139 cm³/mol. The van der Waals surface area contributed by atoms with Gasteiger partial charge in [0.15, 0.2) is 5.49 Å². The molecule has 3 aromatic heterocycles. The second kappa shape index (κ2) is 10.3. The van der Waals surface area contributed by atoms with Crippen molar-refractivity contribution in [1.29, 1.82) is 0 Å². The fourth-order valence-corrected chi connectivity index (χ4v) is 4.02. The van der Waals surface area contributed by atoms with Crippen LogP contribution in [0.2, 0.25) is 5.02 Å². The number of aromatic nitrogens is 3. The molecule has 0 unspecified atom stereocenters. The van der Waals surface area contributed by atoms with E-state index in [1.165, 1.54) is 16.5 Å². The number of carbonyl (C=O) groups is 2. The first-order chi connectivity index (χ1) is 17.2. The third-order valence-corrected chi connectivity index (χ3v) is 5.82. The standard InChI is InChI=1S/C27H25ClN4O4/c1-5-36-27(35)21-15-20-24(30-23-17(4)7-6-14-31(23)26(20)34)32(16(2)3)25(21)29-22(33)13-10-18-8-11-19(28)12-9-18/h6-16H,5H2,1-4H3/b13-10+,29-25?. The Morgan fingerprint density at radius 1 is 1.17 bits per heavy atom. The number of rotatable bonds is 5. The average Bonchev–Trinajstić information content (AvgIpc) is 2.84. The first-order valence-electron chi connectivity index (χ1n) is 11.5. The summed E-state index contributed by atoms with van der Waals surface area (Å²) >= 11 is 5.92. The van der Waals surface area contributed by atoms with Crippen LogP contribution in [0, 0.1) is 6.92 Å². The fraction of sp³-hybridized carbons (Fsp3) is 0.222. The molecular formula is C27H25ClN4O4. The van der Waals surface area contributed by atoms with E-state index in [2.05, 4.69) is 4.99 Å². The molecule has 0 aliphatic carbocycles. The Morgan fingerprint density at radius 2 is 1.89 bits per heavy atom. The zero-order valence-corrected chi connectivity index (χ0v) is 21.1. The molecule has 1 aromatic carbocycles. The molecule has 0 N–H and O–H groups in total. The number of benzene rings is 1. The molecule has 0 bridgehead atoms. The van der Waals surface area contributed by atoms with Crippen LogP contribution in [0.3, 0.4) is 0 Å². The molecule has 0 spiro atoms. The van der Waals surface area contributed by atoms with E-state index in [4.69, 9.17) is 21.3 Å². The minimum atomic E-state index is -0.684. The van der Waals surface area contributed by atoms with Crippen molar-refractivity contribution in [2.24, 2.45) is 4.99 Å². The van der Waals surface area contributed by atoms with Crippen LogP contribution in [0.25, 0.3) is 22.8 Å². The van der Waals surface area contributed by atoms with Crippen molar-refractivity contribution in [2.75, 3.05) is 6.61 Å². The smallest absolute Gasteiger partial charge is 0.341 e. The Labute approximate surface area is 212 Å². The van der Waals surface area contributed by atoms with E-state index >= 15 is 0 Å². The van der Waals surface area contributed by atoms with Crippen LogP contribution in [-0.2, 0) is 9.53 Å². The minimum absolute atomic E-state index is 0.0118. The molecule has 3 heterocycles. The van der Waals surface area contributed by atoms with E-state index in [0.717, 1.165) is 11.1 Å². The zero-order valence-electron chi connectivity index (χ0n) is 20.4. The second-order valence-electron chi connectivity index (χ2n) is 8.44. The summed E-state index contributed by atoms with van der Waals surface area (Å²) in [4.78, 5) is 48.2. The second-order valence-corrected chi connectivity index (χ2v) is 8.88. The number of halogens is 1. The number of ether oxygens (including phenoxy) is 1. The Kier molecular flexibility index (Phi) is 7.17. The van der Waals surface area contributed by atoms with Crippen LogP contribution in [0.15, 0.2) is 64.5 Å². The largest absolute Gasteiger partial charge is 0.462 e. The van der Waals surface area contributed by atoms with Crippen molar-refractivity contribution in [2.45, 2.75) is 33.7 Å². The van der Waals surface area contributed by atoms with Crippen LogP contribution in [0.1, 0.15) is 48.3 Å². The highest BCUT2D eigenvalue weighted by molar-refractivity contribution is 6.30. The molecule has 0 radical (unpaired) electrons. The molecule has 0 fully saturated rings. The van der Waals surface area contributed by atoms with Gasteiger partial charge in [-0.05, 0) is 69.2 Å². The van der Waals surface area contributed by atoms with Gasteiger partial charge < -0.3 is 9.30 Å². The number of pyridine rings is 2. The van der Waals surface area contributed by atoms with Gasteiger partial charge in [-0.3, -0.25) is 14.0 Å². The van der Waals surface area contributed by atoms with Gasteiger partial charge in [-0.1, -0.05) is 29.8 Å². The van der Waals surface area contributed by atoms with Gasteiger partial charge in [-0.25, -0.2) is 9.78 Å². The molecule has 1 amide bonds. The maximum atomic E-state index is 13.4. The highest BCUT2D eigenvalue weighted by atomic mass is 35.5. The highest BCUT2D eigenvalue weighted by Crippen LogP contribution is 2.17. The molecular weight excluding hydrogens is 480 g/mol. The van der Waals surface area contributed by atoms with Crippen molar-refractivity contribution in [3.05, 3.63) is 92.3 Å². The highest BCUT2D eigenvalue weighted by Gasteiger charge is 2.21. The van der Waals surface area contributed by atoms with Gasteiger partial charge in [-0.2, -0.15) is 4.99 Å². The van der Waals surface area contributed by atoms with Crippen LogP contribution >= 0.6 is 11.6 Å². The monoisotopic (exact) mass is 504 g/mol. The van der Waals surface area contributed by atoms with E-state index in [1.54, 1.807) is 54.1 Å². The Morgan fingerprint density at radius 3 is 2.56 bits per heavy atom. The summed E-state index contributed by atoms with van der Waals surface area (Å²) in [5.74, 6) is -1.27. The number of carbonyl (C=O) groups excluding carboxylic acids is 2. The fourth-order valence-electron chi connectivity index (χ4n) is 3.89. The van der Waals surface area contributed by atoms with Crippen LogP contribution in [-0.4, -0.2) is 32.4 Å². The zero-order chi connectivity index (χ0) is 26.0. The normalized spacial score (nSPS) is 12.2. The molecule has 0 atom stereocenters. The predicted octanol–water partition coefficient (Wildman–Crippen LogP) is 4.51. The SMILES string of the molecule is CCOC(=O)c1cc2c(=O)n3cccc(C)c3nc2n(C(C)C)c1=NC(=O)/C=C/c1ccc(Cl)cc1. The summed E-state index contributed by atoms with van der Waals surface area (Å²) in [5, 5.41) is 0.806. The molecule has 8 nitrogen and oxygen atoms in total. The van der Waals surface area contributed by atoms with Crippen molar-refractivity contribution in [3.63, 3.8) is 0 Å². The minimum Gasteiger partial charge on any atom is -0.462 e. The van der Waals surface area contributed by atoms with Gasteiger partial charge in [0.25, 0.3) is 11.5 Å². The Balaban J connectivity index is 2.03. The third kappa shape index (κ3) is 4.85. The maximum absolute atomic E-state index is 13.4. The van der Waals surface area contributed by atoms with Crippen LogP contribution in [0.5, 0.6) is 0 Å². The lowest BCUT2D eigenvalue weighted by Gasteiger charge is -2.18. The quantitative estimate of drug-likeness (QED) is 0.226. The molecule has 9 heteroatoms. The van der Waals surface area contributed by atoms with E-state index in [0.29, 0.717) is 16.3 Å². The molecule has 4 rings (SSSR count). The van der Waals surface area contributed by atoms with Crippen LogP contribution < -0.4 is 11.0 Å². The van der Waals surface area contributed by atoms with E-state index < -0.39 is 11.9 Å². The van der Waals surface area contributed by atoms with Crippen molar-refractivity contribution in [3.8, 4) is 0 Å². The van der Waals surface area contributed by atoms with Crippen molar-refractivity contribution in [1.82, 2.24) is 14.0 Å². The Hall–Kier alpha value is -4.04. The van der Waals surface area contributed by atoms with Gasteiger partial charge in [0.1, 0.15) is 16.9 Å². The molecule has 184 valence electrons. The lowest BCUT2D eigenvalue weighted by atomic mass is 10.1. The van der Waals surface area contributed by atoms with Crippen molar-refractivity contribution < 1.29 is 14.3 Å². The number of amides is 1. The number of esters is 1. The number of fused-ring (bicyclic) bond motifs is 2. The average molecular weight is 505 g/mol. The van der Waals surface area contributed by atoms with E-state index in [-0.39, 0.29) is 34.6 Å². The molecule has 4 aromatic rings. The summed E-state index contributed by atoms with van der Waals surface area (Å²) in [6.07, 6.45) is 4.54. The number of hydrogen-bond donors (Lipinski definition) is 0. The summed E-state index contributed by atoms with van der Waals surface area (Å²) in [6, 6.07) is 11.7. The lowest BCUT2D eigenvalue weighted by molar-refractivity contribution is -0.113. The van der Waals surface area contributed by atoms with Gasteiger partial charge in [-0.15, -0.1) is 0 Å². The maximum Gasteiger partial charge on any atom is 0.341 e. The van der Waals surface area contributed by atoms with Crippen LogP contribution in [0.4, 0.5) is 0 Å². The molecule has 0 saturated heterocycles. The number of aryl methyl sites for hydroxylation is 1. The van der Waals surface area contributed by atoms with Gasteiger partial charge in [0.05, 0.1) is 12.0 Å². The molecule has 0 saturated carbocycles. The summed E-state index contributed by atoms with van der Waals surface area (Å²) in [7, 11) is 0. The third-order valence-electron chi connectivity index (χ3n) is 5.57. The van der Waals surface area contributed by atoms with Gasteiger partial charge in [0.2, 0.25) is 0 Å². The number of hydrogen-bond acceptors (Lipinski definition) is 5. The van der Waals surface area contributed by atoms with Gasteiger partial charge in [0, 0.05) is 23.3 Å². The Bertz CT molecular complexity index is 1650. The van der Waals surface area contributed by atoms with E-state index in [9.17, 15) is 14.4 Å². The topological polar surface area (TPSA) is 95.0 Å². The first kappa shape index (κ1) is 25.1. The summed E-state index contributed by atoms with van der Waals surface area (Å²) in [6.45, 7) is 7.39. The first-order valence-corrected chi connectivity index (χ1v) is 11.9.